The molecular weight excluding hydrogens is 592 g/mol. The van der Waals surface area contributed by atoms with E-state index in [1.54, 1.807) is 0 Å². The molecule has 2 aliphatic rings. The first-order valence-electron chi connectivity index (χ1n) is 14.2. The van der Waals surface area contributed by atoms with Crippen LogP contribution in [0.3, 0.4) is 0 Å². The van der Waals surface area contributed by atoms with Crippen molar-refractivity contribution in [3.8, 4) is 33.4 Å². The van der Waals surface area contributed by atoms with E-state index in [0.29, 0.717) is 0 Å². The van der Waals surface area contributed by atoms with E-state index in [2.05, 4.69) is 147 Å². The molecule has 0 radical (unpaired) electrons. The van der Waals surface area contributed by atoms with Gasteiger partial charge in [0.25, 0.3) is 0 Å². The van der Waals surface area contributed by atoms with Crippen molar-refractivity contribution >= 4 is 62.3 Å². The Bertz CT molecular complexity index is 2090. The van der Waals surface area contributed by atoms with Crippen LogP contribution in [0.4, 0.5) is 0 Å². The Hall–Kier alpha value is -5.26. The normalized spacial score (nSPS) is 12.1. The van der Waals surface area contributed by atoms with E-state index < -0.39 is 0 Å². The number of nitrogens with zero attached hydrogens (tertiary/aromatic N) is 2. The zero-order chi connectivity index (χ0) is 28.8. The third-order valence-corrected chi connectivity index (χ3v) is 8.73. The Balaban J connectivity index is 1.56. The van der Waals surface area contributed by atoms with Crippen molar-refractivity contribution in [2.45, 2.75) is 0 Å². The molecule has 0 atom stereocenters. The highest BCUT2D eigenvalue weighted by Gasteiger charge is 2.18. The summed E-state index contributed by atoms with van der Waals surface area (Å²) in [5.74, 6) is 0. The highest BCUT2D eigenvalue weighted by Crippen LogP contribution is 2.37. The van der Waals surface area contributed by atoms with Crippen molar-refractivity contribution in [2.24, 2.45) is 0 Å². The van der Waals surface area contributed by atoms with Crippen molar-refractivity contribution < 1.29 is 0 Å². The van der Waals surface area contributed by atoms with Crippen molar-refractivity contribution in [1.29, 1.82) is 0 Å². The predicted molar refractivity (Wildman–Crippen MR) is 183 cm³/mol. The summed E-state index contributed by atoms with van der Waals surface area (Å²) in [5.41, 5.74) is 13.8. The zero-order valence-corrected chi connectivity index (χ0v) is 24.6. The van der Waals surface area contributed by atoms with Gasteiger partial charge in [0, 0.05) is 27.7 Å². The molecule has 0 saturated heterocycles. The maximum atomic E-state index is 5.26. The van der Waals surface area contributed by atoms with Crippen molar-refractivity contribution in [3.05, 3.63) is 143 Å². The number of nitrogens with one attached hydrogen (secondary N) is 2. The summed E-state index contributed by atoms with van der Waals surface area (Å²) >= 11 is 3.88. The van der Waals surface area contributed by atoms with Crippen LogP contribution < -0.4 is 0 Å². The standard InChI is InChI=1S/C38H25BrN4/c39-38-33-22-20-31(42-33)36(25-12-6-2-7-13-25)29-18-16-27(40-29)35(24-10-4-1-5-11-24)28-17-19-30(41-28)37(26-14-8-3-9-15-26)32-21-23-34(38)43-32/h1-23,42-43H. The van der Waals surface area contributed by atoms with Crippen LogP contribution >= 0.6 is 15.9 Å². The van der Waals surface area contributed by atoms with Gasteiger partial charge in [-0.2, -0.15) is 0 Å². The largest absolute Gasteiger partial charge is 0.354 e. The third-order valence-electron chi connectivity index (χ3n) is 7.88. The molecular formula is C38H25BrN4. The van der Waals surface area contributed by atoms with E-state index in [1.807, 2.05) is 18.2 Å². The second-order valence-electron chi connectivity index (χ2n) is 10.5. The van der Waals surface area contributed by atoms with Crippen LogP contribution in [0.2, 0.25) is 0 Å². The lowest BCUT2D eigenvalue weighted by molar-refractivity contribution is 1.28. The van der Waals surface area contributed by atoms with E-state index in [9.17, 15) is 0 Å². The number of rotatable bonds is 3. The maximum Gasteiger partial charge on any atom is 0.0738 e. The molecule has 0 aliphatic carbocycles. The summed E-state index contributed by atoms with van der Waals surface area (Å²) in [6.07, 6.45) is 8.44. The van der Waals surface area contributed by atoms with E-state index in [4.69, 9.17) is 9.97 Å². The minimum Gasteiger partial charge on any atom is -0.354 e. The highest BCUT2D eigenvalue weighted by atomic mass is 79.9. The Morgan fingerprint density at radius 1 is 0.372 bits per heavy atom. The summed E-state index contributed by atoms with van der Waals surface area (Å²) in [6, 6.07) is 39.8. The molecule has 4 nitrogen and oxygen atoms in total. The fraction of sp³-hybridized carbons (Fsp3) is 0. The van der Waals surface area contributed by atoms with Gasteiger partial charge in [-0.3, -0.25) is 0 Å². The first-order valence-corrected chi connectivity index (χ1v) is 15.0. The van der Waals surface area contributed by atoms with Crippen LogP contribution in [0.5, 0.6) is 0 Å². The number of aromatic nitrogens is 4. The molecule has 43 heavy (non-hydrogen) atoms. The van der Waals surface area contributed by atoms with Crippen molar-refractivity contribution in [2.75, 3.05) is 0 Å². The first-order chi connectivity index (χ1) is 21.2. The van der Waals surface area contributed by atoms with Gasteiger partial charge in [-0.1, -0.05) is 91.0 Å². The number of H-pyrrole nitrogens is 2. The number of hydrogen-bond acceptors (Lipinski definition) is 2. The van der Waals surface area contributed by atoms with Crippen LogP contribution in [0.1, 0.15) is 22.8 Å². The van der Waals surface area contributed by atoms with E-state index in [0.717, 1.165) is 82.7 Å². The van der Waals surface area contributed by atoms with Crippen LogP contribution in [-0.2, 0) is 0 Å². The molecule has 0 fully saturated rings. The molecule has 0 unspecified atom stereocenters. The SMILES string of the molecule is Brc1c2ccc([nH]2)c(-c2ccccc2)c2nc(c(-c3ccccc3)c3nc(c(-c4ccccc4)c4ccc1[nH]4)C=C3)C=C2. The van der Waals surface area contributed by atoms with Crippen LogP contribution in [0.15, 0.2) is 120 Å². The average molecular weight is 618 g/mol. The lowest BCUT2D eigenvalue weighted by atomic mass is 10.0. The van der Waals surface area contributed by atoms with Gasteiger partial charge in [-0.15, -0.1) is 0 Å². The Morgan fingerprint density at radius 2 is 0.698 bits per heavy atom. The monoisotopic (exact) mass is 616 g/mol. The molecule has 5 heterocycles. The van der Waals surface area contributed by atoms with Gasteiger partial charge >= 0.3 is 0 Å². The highest BCUT2D eigenvalue weighted by molar-refractivity contribution is 9.10. The average Bonchev–Trinajstić information content (AvgIpc) is 3.88. The topological polar surface area (TPSA) is 57.4 Å². The Morgan fingerprint density at radius 3 is 1.09 bits per heavy atom. The van der Waals surface area contributed by atoms with Gasteiger partial charge in [0.05, 0.1) is 38.3 Å². The van der Waals surface area contributed by atoms with Crippen molar-refractivity contribution in [1.82, 2.24) is 19.9 Å². The van der Waals surface area contributed by atoms with Gasteiger partial charge < -0.3 is 9.97 Å². The van der Waals surface area contributed by atoms with Gasteiger partial charge in [-0.25, -0.2) is 9.97 Å². The van der Waals surface area contributed by atoms with E-state index in [1.165, 1.54) is 0 Å². The number of hydrogen-bond donors (Lipinski definition) is 2. The van der Waals surface area contributed by atoms with Crippen molar-refractivity contribution in [3.63, 3.8) is 0 Å². The van der Waals surface area contributed by atoms with Gasteiger partial charge in [0.1, 0.15) is 0 Å². The molecule has 3 aromatic carbocycles. The Labute approximate surface area is 257 Å². The summed E-state index contributed by atoms with van der Waals surface area (Å²) in [4.78, 5) is 17.9. The van der Waals surface area contributed by atoms with E-state index in [-0.39, 0.29) is 0 Å². The number of halogens is 1. The first kappa shape index (κ1) is 25.5. The number of benzene rings is 3. The smallest absolute Gasteiger partial charge is 0.0738 e. The van der Waals surface area contributed by atoms with Crippen LogP contribution in [0.25, 0.3) is 79.8 Å². The number of aromatic amines is 2. The van der Waals surface area contributed by atoms with Gasteiger partial charge in [-0.05, 0) is 81.2 Å². The zero-order valence-electron chi connectivity index (χ0n) is 23.1. The molecule has 6 aromatic rings. The van der Waals surface area contributed by atoms with Gasteiger partial charge in [0.2, 0.25) is 0 Å². The van der Waals surface area contributed by atoms with Crippen LogP contribution in [0, 0.1) is 0 Å². The van der Waals surface area contributed by atoms with E-state index >= 15 is 0 Å². The third kappa shape index (κ3) is 4.55. The lowest BCUT2D eigenvalue weighted by Crippen LogP contribution is -1.90. The van der Waals surface area contributed by atoms with Gasteiger partial charge in [0.15, 0.2) is 0 Å². The maximum absolute atomic E-state index is 5.26. The molecule has 204 valence electrons. The number of fused-ring (bicyclic) bond motifs is 8. The summed E-state index contributed by atoms with van der Waals surface area (Å²) in [7, 11) is 0. The summed E-state index contributed by atoms with van der Waals surface area (Å²) in [5, 5.41) is 0. The second kappa shape index (κ2) is 10.5. The molecule has 0 saturated carbocycles. The molecule has 0 spiro atoms. The fourth-order valence-electron chi connectivity index (χ4n) is 5.89. The second-order valence-corrected chi connectivity index (χ2v) is 11.3. The minimum absolute atomic E-state index is 0.884. The molecule has 2 N–H and O–H groups in total. The summed E-state index contributed by atoms with van der Waals surface area (Å²) < 4.78 is 0.948. The molecule has 8 rings (SSSR count). The molecule has 0 amide bonds. The summed E-state index contributed by atoms with van der Waals surface area (Å²) in [6.45, 7) is 0. The molecule has 3 aromatic heterocycles. The quantitative estimate of drug-likeness (QED) is 0.207. The molecule has 2 aliphatic heterocycles. The minimum atomic E-state index is 0.884. The lowest BCUT2D eigenvalue weighted by Gasteiger charge is -2.06. The fourth-order valence-corrected chi connectivity index (χ4v) is 6.35. The predicted octanol–water partition coefficient (Wildman–Crippen LogP) is 10.4. The van der Waals surface area contributed by atoms with Crippen LogP contribution in [-0.4, -0.2) is 19.9 Å². The molecule has 8 bridgehead atoms. The molecule has 5 heteroatoms. The Kier molecular flexibility index (Phi) is 6.24.